The van der Waals surface area contributed by atoms with Crippen LogP contribution >= 0.6 is 11.8 Å². The van der Waals surface area contributed by atoms with E-state index in [1.54, 1.807) is 0 Å². The number of carbonyl (C=O) groups is 2. The monoisotopic (exact) mass is 380 g/mol. The molecule has 2 N–H and O–H groups in total. The van der Waals surface area contributed by atoms with E-state index in [1.807, 2.05) is 13.8 Å². The number of hydrogen-bond acceptors (Lipinski definition) is 7. The number of rotatable bonds is 7. The van der Waals surface area contributed by atoms with Gasteiger partial charge < -0.3 is 15.4 Å². The number of nitrogens with one attached hydrogen (secondary N) is 2. The van der Waals surface area contributed by atoms with Crippen LogP contribution in [0.1, 0.15) is 26.7 Å². The van der Waals surface area contributed by atoms with Crippen molar-refractivity contribution in [2.45, 2.75) is 38.0 Å². The zero-order valence-corrected chi connectivity index (χ0v) is 15.5. The minimum absolute atomic E-state index is 0.0815. The fourth-order valence-electron chi connectivity index (χ4n) is 2.17. The molecule has 0 radical (unpaired) electrons. The van der Waals surface area contributed by atoms with Crippen LogP contribution in [0.4, 0.5) is 11.4 Å². The molecule has 0 aliphatic carbocycles. The maximum Gasteiger partial charge on any atom is 0.271 e. The smallest absolute Gasteiger partial charge is 0.271 e. The minimum Gasteiger partial charge on any atom is -0.495 e. The van der Waals surface area contributed by atoms with Crippen LogP contribution in [0.25, 0.3) is 0 Å². The molecule has 1 aromatic rings. The van der Waals surface area contributed by atoms with E-state index in [-0.39, 0.29) is 29.7 Å². The van der Waals surface area contributed by atoms with Crippen LogP contribution in [0.5, 0.6) is 5.75 Å². The number of anilines is 1. The largest absolute Gasteiger partial charge is 0.495 e. The molecule has 1 aromatic carbocycles. The third-order valence-electron chi connectivity index (χ3n) is 3.74. The van der Waals surface area contributed by atoms with E-state index in [9.17, 15) is 19.7 Å². The molecule has 10 heteroatoms. The van der Waals surface area contributed by atoms with Crippen molar-refractivity contribution in [3.63, 3.8) is 0 Å². The Kier molecular flexibility index (Phi) is 6.56. The average Bonchev–Trinajstić information content (AvgIpc) is 2.93. The highest BCUT2D eigenvalue weighted by Gasteiger charge is 2.32. The summed E-state index contributed by atoms with van der Waals surface area (Å²) in [6, 6.07) is 3.99. The van der Waals surface area contributed by atoms with Crippen molar-refractivity contribution in [2.24, 2.45) is 4.99 Å². The normalized spacial score (nSPS) is 19.1. The summed E-state index contributed by atoms with van der Waals surface area (Å²) in [5, 5.41) is 16.0. The maximum atomic E-state index is 12.3. The average molecular weight is 380 g/mol. The summed E-state index contributed by atoms with van der Waals surface area (Å²) >= 11 is 1.21. The predicted molar refractivity (Wildman–Crippen MR) is 99.6 cm³/mol. The molecule has 140 valence electrons. The number of aliphatic imine (C=N–C) groups is 1. The van der Waals surface area contributed by atoms with E-state index in [4.69, 9.17) is 4.74 Å². The summed E-state index contributed by atoms with van der Waals surface area (Å²) in [4.78, 5) is 39.0. The van der Waals surface area contributed by atoms with Crippen LogP contribution in [-0.2, 0) is 9.59 Å². The standard InChI is InChI=1S/C16H20N4O5S/c1-4-9(2)17-16-19-15(22)13(26-16)8-14(21)18-11-7-10(20(23)24)5-6-12(11)25-3/h5-7,9,13H,4,8H2,1-3H3,(H,18,21)(H,17,19,22)/t9-,13+/m0/s1. The van der Waals surface area contributed by atoms with Crippen molar-refractivity contribution < 1.29 is 19.2 Å². The van der Waals surface area contributed by atoms with Crippen molar-refractivity contribution >= 4 is 40.1 Å². The minimum atomic E-state index is -0.595. The molecule has 2 rings (SSSR count). The van der Waals surface area contributed by atoms with E-state index >= 15 is 0 Å². The molecule has 1 aliphatic heterocycles. The number of nitro benzene ring substituents is 1. The van der Waals surface area contributed by atoms with Crippen molar-refractivity contribution in [1.82, 2.24) is 5.32 Å². The second-order valence-electron chi connectivity index (χ2n) is 5.68. The van der Waals surface area contributed by atoms with Crippen molar-refractivity contribution in [1.29, 1.82) is 0 Å². The Hall–Kier alpha value is -2.62. The molecule has 1 aliphatic rings. The molecule has 0 spiro atoms. The van der Waals surface area contributed by atoms with Gasteiger partial charge in [0.1, 0.15) is 11.0 Å². The first-order chi connectivity index (χ1) is 12.3. The van der Waals surface area contributed by atoms with Gasteiger partial charge in [-0.05, 0) is 19.4 Å². The van der Waals surface area contributed by atoms with Gasteiger partial charge in [-0.2, -0.15) is 0 Å². The molecular weight excluding hydrogens is 360 g/mol. The van der Waals surface area contributed by atoms with Crippen LogP contribution in [0.2, 0.25) is 0 Å². The van der Waals surface area contributed by atoms with Gasteiger partial charge in [-0.15, -0.1) is 0 Å². The molecule has 9 nitrogen and oxygen atoms in total. The van der Waals surface area contributed by atoms with Crippen molar-refractivity contribution in [2.75, 3.05) is 12.4 Å². The Morgan fingerprint density at radius 2 is 2.27 bits per heavy atom. The Balaban J connectivity index is 2.05. The third-order valence-corrected chi connectivity index (χ3v) is 4.84. The first-order valence-electron chi connectivity index (χ1n) is 8.01. The van der Waals surface area contributed by atoms with Gasteiger partial charge in [0.2, 0.25) is 11.8 Å². The Labute approximate surface area is 154 Å². The third kappa shape index (κ3) is 4.94. The molecule has 1 heterocycles. The van der Waals surface area contributed by atoms with Gasteiger partial charge in [0.15, 0.2) is 5.17 Å². The van der Waals surface area contributed by atoms with Gasteiger partial charge in [0.05, 0.1) is 17.7 Å². The van der Waals surface area contributed by atoms with Gasteiger partial charge in [-0.25, -0.2) is 0 Å². The van der Waals surface area contributed by atoms with Crippen LogP contribution < -0.4 is 15.4 Å². The summed E-state index contributed by atoms with van der Waals surface area (Å²) in [6.45, 7) is 3.93. The van der Waals surface area contributed by atoms with E-state index in [2.05, 4.69) is 15.6 Å². The van der Waals surface area contributed by atoms with Crippen molar-refractivity contribution in [3.05, 3.63) is 28.3 Å². The highest BCUT2D eigenvalue weighted by Crippen LogP contribution is 2.30. The zero-order chi connectivity index (χ0) is 19.3. The number of amidine groups is 1. The molecule has 2 atom stereocenters. The number of hydrogen-bond donors (Lipinski definition) is 2. The molecule has 26 heavy (non-hydrogen) atoms. The lowest BCUT2D eigenvalue weighted by Gasteiger charge is -2.11. The lowest BCUT2D eigenvalue weighted by molar-refractivity contribution is -0.384. The quantitative estimate of drug-likeness (QED) is 0.553. The van der Waals surface area contributed by atoms with Gasteiger partial charge in [-0.1, -0.05) is 18.7 Å². The number of methoxy groups -OCH3 is 1. The maximum absolute atomic E-state index is 12.3. The second-order valence-corrected chi connectivity index (χ2v) is 6.87. The first-order valence-corrected chi connectivity index (χ1v) is 8.89. The van der Waals surface area contributed by atoms with Crippen LogP contribution in [0, 0.1) is 10.1 Å². The zero-order valence-electron chi connectivity index (χ0n) is 14.6. The number of amides is 2. The Morgan fingerprint density at radius 1 is 1.54 bits per heavy atom. The molecule has 0 bridgehead atoms. The highest BCUT2D eigenvalue weighted by atomic mass is 32.2. The van der Waals surface area contributed by atoms with Gasteiger partial charge >= 0.3 is 0 Å². The van der Waals surface area contributed by atoms with Crippen LogP contribution in [-0.4, -0.2) is 40.3 Å². The Morgan fingerprint density at radius 3 is 2.88 bits per heavy atom. The molecule has 0 saturated carbocycles. The molecule has 0 aromatic heterocycles. The fourth-order valence-corrected chi connectivity index (χ4v) is 3.24. The van der Waals surface area contributed by atoms with E-state index in [1.165, 1.54) is 37.1 Å². The topological polar surface area (TPSA) is 123 Å². The van der Waals surface area contributed by atoms with E-state index in [0.29, 0.717) is 10.9 Å². The SMILES string of the molecule is CC[C@H](C)N=C1NC(=O)[C@@H](CC(=O)Nc2cc([N+](=O)[O-])ccc2OC)S1. The van der Waals surface area contributed by atoms with E-state index in [0.717, 1.165) is 6.42 Å². The lowest BCUT2D eigenvalue weighted by atomic mass is 10.2. The number of carbonyl (C=O) groups excluding carboxylic acids is 2. The molecule has 1 fully saturated rings. The van der Waals surface area contributed by atoms with Crippen molar-refractivity contribution in [3.8, 4) is 5.75 Å². The number of non-ortho nitro benzene ring substituents is 1. The number of ether oxygens (including phenoxy) is 1. The fraction of sp³-hybridized carbons (Fsp3) is 0.438. The highest BCUT2D eigenvalue weighted by molar-refractivity contribution is 8.15. The number of nitro groups is 1. The van der Waals surface area contributed by atoms with Crippen LogP contribution in [0.3, 0.4) is 0 Å². The number of benzene rings is 1. The van der Waals surface area contributed by atoms with Gasteiger partial charge in [0, 0.05) is 24.6 Å². The molecule has 1 saturated heterocycles. The summed E-state index contributed by atoms with van der Waals surface area (Å²) in [6.07, 6.45) is 0.763. The second kappa shape index (κ2) is 8.65. The summed E-state index contributed by atoms with van der Waals surface area (Å²) in [5.41, 5.74) is 0.0145. The van der Waals surface area contributed by atoms with Crippen LogP contribution in [0.15, 0.2) is 23.2 Å². The predicted octanol–water partition coefficient (Wildman–Crippen LogP) is 2.32. The van der Waals surface area contributed by atoms with E-state index < -0.39 is 16.1 Å². The molecule has 2 amide bonds. The summed E-state index contributed by atoms with van der Waals surface area (Å²) in [7, 11) is 1.40. The van der Waals surface area contributed by atoms with Gasteiger partial charge in [-0.3, -0.25) is 24.7 Å². The first kappa shape index (κ1) is 19.7. The summed E-state index contributed by atoms with van der Waals surface area (Å²) in [5.74, 6) is -0.425. The number of thioether (sulfide) groups is 1. The Bertz CT molecular complexity index is 752. The molecule has 0 unspecified atom stereocenters. The summed E-state index contributed by atoms with van der Waals surface area (Å²) < 4.78 is 5.10. The lowest BCUT2D eigenvalue weighted by Crippen LogP contribution is -2.28. The molecular formula is C16H20N4O5S. The van der Waals surface area contributed by atoms with Gasteiger partial charge in [0.25, 0.3) is 5.69 Å². The number of nitrogens with zero attached hydrogens (tertiary/aromatic N) is 2.